The fraction of sp³-hybridized carbons (Fsp3) is 0. The van der Waals surface area contributed by atoms with Crippen molar-refractivity contribution < 1.29 is 9.66 Å². The van der Waals surface area contributed by atoms with Crippen molar-refractivity contribution in [3.05, 3.63) is 56.6 Å². The summed E-state index contributed by atoms with van der Waals surface area (Å²) in [4.78, 5) is 10.2. The van der Waals surface area contributed by atoms with Gasteiger partial charge in [0.1, 0.15) is 11.5 Å². The smallest absolute Gasteiger partial charge is 0.275 e. The summed E-state index contributed by atoms with van der Waals surface area (Å²) >= 11 is 11.7. The van der Waals surface area contributed by atoms with Crippen molar-refractivity contribution >= 4 is 34.6 Å². The number of halogens is 2. The van der Waals surface area contributed by atoms with E-state index in [1.165, 1.54) is 24.3 Å². The summed E-state index contributed by atoms with van der Waals surface area (Å²) in [5, 5.41) is 11.5. The minimum Gasteiger partial charge on any atom is -0.455 e. The summed E-state index contributed by atoms with van der Waals surface area (Å²) in [6.45, 7) is 0. The first-order valence-electron chi connectivity index (χ1n) is 5.13. The summed E-state index contributed by atoms with van der Waals surface area (Å²) in [5.74, 6) is 0.571. The van der Waals surface area contributed by atoms with Gasteiger partial charge in [0.15, 0.2) is 0 Å². The Morgan fingerprint density at radius 3 is 2.53 bits per heavy atom. The molecule has 2 rings (SSSR count). The summed E-state index contributed by atoms with van der Waals surface area (Å²) in [7, 11) is 0. The Kier molecular flexibility index (Phi) is 3.78. The van der Waals surface area contributed by atoms with Gasteiger partial charge in [-0.3, -0.25) is 10.1 Å². The molecule has 2 aromatic rings. The van der Waals surface area contributed by atoms with Crippen molar-refractivity contribution in [2.75, 3.05) is 5.73 Å². The molecule has 0 saturated heterocycles. The van der Waals surface area contributed by atoms with Crippen molar-refractivity contribution in [2.45, 2.75) is 0 Å². The number of rotatable bonds is 3. The zero-order valence-corrected chi connectivity index (χ0v) is 11.0. The van der Waals surface area contributed by atoms with Gasteiger partial charge in [-0.25, -0.2) is 0 Å². The molecule has 0 spiro atoms. The van der Waals surface area contributed by atoms with Crippen LogP contribution in [0.5, 0.6) is 11.5 Å². The van der Waals surface area contributed by atoms with E-state index >= 15 is 0 Å². The zero-order valence-electron chi connectivity index (χ0n) is 9.47. The largest absolute Gasteiger partial charge is 0.455 e. The second-order valence-electron chi connectivity index (χ2n) is 3.69. The van der Waals surface area contributed by atoms with Crippen LogP contribution in [0.15, 0.2) is 36.4 Å². The second-order valence-corrected chi connectivity index (χ2v) is 4.54. The molecule has 2 N–H and O–H groups in total. The molecule has 0 saturated carbocycles. The molecule has 0 bridgehead atoms. The number of non-ortho nitro benzene ring substituents is 1. The third-order valence-electron chi connectivity index (χ3n) is 2.25. The third kappa shape index (κ3) is 3.27. The molecule has 7 heteroatoms. The lowest BCUT2D eigenvalue weighted by Crippen LogP contribution is -1.93. The third-order valence-corrected chi connectivity index (χ3v) is 2.78. The van der Waals surface area contributed by atoms with Crippen molar-refractivity contribution in [1.82, 2.24) is 0 Å². The predicted molar refractivity (Wildman–Crippen MR) is 74.0 cm³/mol. The van der Waals surface area contributed by atoms with E-state index in [0.717, 1.165) is 0 Å². The van der Waals surface area contributed by atoms with Crippen LogP contribution in [0.4, 0.5) is 11.4 Å². The van der Waals surface area contributed by atoms with Crippen LogP contribution in [0.25, 0.3) is 0 Å². The Morgan fingerprint density at radius 1 is 1.16 bits per heavy atom. The van der Waals surface area contributed by atoms with E-state index in [1.54, 1.807) is 12.1 Å². The van der Waals surface area contributed by atoms with Crippen LogP contribution in [0.2, 0.25) is 10.0 Å². The molecule has 2 aromatic carbocycles. The molecule has 0 aromatic heterocycles. The molecular weight excluding hydrogens is 291 g/mol. The van der Waals surface area contributed by atoms with Gasteiger partial charge in [0.05, 0.1) is 16.0 Å². The van der Waals surface area contributed by atoms with Gasteiger partial charge in [0.2, 0.25) is 0 Å². The van der Waals surface area contributed by atoms with E-state index in [1.807, 2.05) is 0 Å². The molecule has 98 valence electrons. The fourth-order valence-corrected chi connectivity index (χ4v) is 1.90. The minimum absolute atomic E-state index is 0.153. The average molecular weight is 299 g/mol. The van der Waals surface area contributed by atoms with Crippen LogP contribution in [0.1, 0.15) is 0 Å². The first-order valence-corrected chi connectivity index (χ1v) is 5.89. The first kappa shape index (κ1) is 13.5. The maximum Gasteiger partial charge on any atom is 0.275 e. The SMILES string of the molecule is Nc1cc(Oc2ccc(Cl)cc2Cl)cc([N+](=O)[O-])c1. The topological polar surface area (TPSA) is 78.4 Å². The highest BCUT2D eigenvalue weighted by Crippen LogP contribution is 2.33. The van der Waals surface area contributed by atoms with Gasteiger partial charge >= 0.3 is 0 Å². The lowest BCUT2D eigenvalue weighted by Gasteiger charge is -2.08. The van der Waals surface area contributed by atoms with Gasteiger partial charge in [-0.1, -0.05) is 23.2 Å². The predicted octanol–water partition coefficient (Wildman–Crippen LogP) is 4.28. The molecule has 5 nitrogen and oxygen atoms in total. The van der Waals surface area contributed by atoms with E-state index in [2.05, 4.69) is 0 Å². The number of nitro benzene ring substituents is 1. The van der Waals surface area contributed by atoms with E-state index in [0.29, 0.717) is 15.8 Å². The molecule has 0 aliphatic carbocycles. The number of hydrogen-bond acceptors (Lipinski definition) is 4. The first-order chi connectivity index (χ1) is 8.95. The van der Waals surface area contributed by atoms with E-state index in [4.69, 9.17) is 33.7 Å². The van der Waals surface area contributed by atoms with Crippen molar-refractivity contribution in [3.8, 4) is 11.5 Å². The standard InChI is InChI=1S/C12H8Cl2N2O3/c13-7-1-2-12(11(14)3-7)19-10-5-8(15)4-9(6-10)16(17)18/h1-6H,15H2. The van der Waals surface area contributed by atoms with Gasteiger partial charge in [-0.15, -0.1) is 0 Å². The quantitative estimate of drug-likeness (QED) is 0.521. The van der Waals surface area contributed by atoms with E-state index < -0.39 is 4.92 Å². The monoisotopic (exact) mass is 298 g/mol. The number of nitrogens with zero attached hydrogens (tertiary/aromatic N) is 1. The molecule has 0 heterocycles. The minimum atomic E-state index is -0.549. The Morgan fingerprint density at radius 2 is 1.89 bits per heavy atom. The van der Waals surface area contributed by atoms with Crippen LogP contribution < -0.4 is 10.5 Å². The number of nitro groups is 1. The summed E-state index contributed by atoms with van der Waals surface area (Å²) in [6.07, 6.45) is 0. The number of nitrogens with two attached hydrogens (primary N) is 1. The van der Waals surface area contributed by atoms with Gasteiger partial charge in [0.25, 0.3) is 5.69 Å². The number of benzene rings is 2. The van der Waals surface area contributed by atoms with Crippen LogP contribution in [0.3, 0.4) is 0 Å². The van der Waals surface area contributed by atoms with Gasteiger partial charge < -0.3 is 10.5 Å². The Balaban J connectivity index is 2.35. The number of hydrogen-bond donors (Lipinski definition) is 1. The van der Waals surface area contributed by atoms with Gasteiger partial charge in [-0.05, 0) is 18.2 Å². The lowest BCUT2D eigenvalue weighted by atomic mass is 10.2. The lowest BCUT2D eigenvalue weighted by molar-refractivity contribution is -0.384. The molecule has 0 unspecified atom stereocenters. The molecule has 0 amide bonds. The van der Waals surface area contributed by atoms with Crippen molar-refractivity contribution in [2.24, 2.45) is 0 Å². The maximum absolute atomic E-state index is 10.7. The van der Waals surface area contributed by atoms with Crippen LogP contribution in [-0.4, -0.2) is 4.92 Å². The van der Waals surface area contributed by atoms with Crippen LogP contribution >= 0.6 is 23.2 Å². The molecular formula is C12H8Cl2N2O3. The molecule has 0 aliphatic rings. The van der Waals surface area contributed by atoms with Crippen molar-refractivity contribution in [3.63, 3.8) is 0 Å². The van der Waals surface area contributed by atoms with E-state index in [9.17, 15) is 10.1 Å². The Bertz CT molecular complexity index is 647. The fourth-order valence-electron chi connectivity index (χ4n) is 1.46. The number of anilines is 1. The van der Waals surface area contributed by atoms with Gasteiger partial charge in [-0.2, -0.15) is 0 Å². The van der Waals surface area contributed by atoms with E-state index in [-0.39, 0.29) is 17.1 Å². The number of nitrogen functional groups attached to an aromatic ring is 1. The number of ether oxygens (including phenoxy) is 1. The molecule has 0 radical (unpaired) electrons. The molecule has 19 heavy (non-hydrogen) atoms. The highest BCUT2D eigenvalue weighted by Gasteiger charge is 2.11. The Hall–Kier alpha value is -1.98. The highest BCUT2D eigenvalue weighted by molar-refractivity contribution is 6.35. The molecule has 0 fully saturated rings. The summed E-state index contributed by atoms with van der Waals surface area (Å²) in [5.41, 5.74) is 5.65. The normalized spacial score (nSPS) is 10.2. The molecule has 0 aliphatic heterocycles. The maximum atomic E-state index is 10.7. The summed E-state index contributed by atoms with van der Waals surface area (Å²) in [6, 6.07) is 8.66. The van der Waals surface area contributed by atoms with Gasteiger partial charge in [0, 0.05) is 22.8 Å². The van der Waals surface area contributed by atoms with Crippen LogP contribution in [-0.2, 0) is 0 Å². The zero-order chi connectivity index (χ0) is 14.0. The molecule has 0 atom stereocenters. The average Bonchev–Trinajstić information content (AvgIpc) is 2.32. The van der Waals surface area contributed by atoms with Crippen LogP contribution in [0, 0.1) is 10.1 Å². The second kappa shape index (κ2) is 5.34. The summed E-state index contributed by atoms with van der Waals surface area (Å²) < 4.78 is 5.46. The van der Waals surface area contributed by atoms with Crippen molar-refractivity contribution in [1.29, 1.82) is 0 Å². The highest BCUT2D eigenvalue weighted by atomic mass is 35.5. The Labute approximate surface area is 118 Å².